The van der Waals surface area contributed by atoms with Crippen LogP contribution in [0.25, 0.3) is 0 Å². The zero-order valence-electron chi connectivity index (χ0n) is 8.56. The zero-order valence-corrected chi connectivity index (χ0v) is 8.56. The largest absolute Gasteiger partial charge is 0.320 e. The van der Waals surface area contributed by atoms with Crippen LogP contribution < -0.4 is 5.32 Å². The van der Waals surface area contributed by atoms with Crippen molar-refractivity contribution in [2.45, 2.75) is 33.1 Å². The fourth-order valence-electron chi connectivity index (χ4n) is 0.996. The van der Waals surface area contributed by atoms with Crippen LogP contribution in [0, 0.1) is 0 Å². The van der Waals surface area contributed by atoms with Gasteiger partial charge in [-0.1, -0.05) is 30.7 Å². The van der Waals surface area contributed by atoms with E-state index in [1.807, 2.05) is 7.05 Å². The molecule has 0 radical (unpaired) electrons. The lowest BCUT2D eigenvalue weighted by Gasteiger charge is -1.98. The van der Waals surface area contributed by atoms with Gasteiger partial charge in [-0.25, -0.2) is 0 Å². The average molecular weight is 167 g/mol. The lowest BCUT2D eigenvalue weighted by atomic mass is 10.1. The van der Waals surface area contributed by atoms with Crippen LogP contribution in [0.5, 0.6) is 0 Å². The molecule has 1 heteroatoms. The van der Waals surface area contributed by atoms with Crippen molar-refractivity contribution in [2.75, 3.05) is 13.6 Å². The van der Waals surface area contributed by atoms with Gasteiger partial charge in [0, 0.05) is 0 Å². The molecule has 0 aliphatic carbocycles. The summed E-state index contributed by atoms with van der Waals surface area (Å²) in [6, 6.07) is 0. The lowest BCUT2D eigenvalue weighted by molar-refractivity contribution is 0.721. The van der Waals surface area contributed by atoms with Crippen molar-refractivity contribution in [3.8, 4) is 0 Å². The molecule has 0 amide bonds. The van der Waals surface area contributed by atoms with E-state index in [1.165, 1.54) is 18.4 Å². The van der Waals surface area contributed by atoms with Gasteiger partial charge in [-0.3, -0.25) is 0 Å². The van der Waals surface area contributed by atoms with Crippen LogP contribution >= 0.6 is 0 Å². The molecule has 0 saturated heterocycles. The third-order valence-electron chi connectivity index (χ3n) is 1.75. The molecule has 0 bridgehead atoms. The Kier molecular flexibility index (Phi) is 8.14. The first-order chi connectivity index (χ1) is 5.81. The Bertz CT molecular complexity index is 145. The Labute approximate surface area is 76.6 Å². The number of hydrogen-bond donors (Lipinski definition) is 1. The van der Waals surface area contributed by atoms with Crippen LogP contribution in [0.3, 0.4) is 0 Å². The first kappa shape index (κ1) is 11.4. The highest BCUT2D eigenvalue weighted by atomic mass is 14.8. The highest BCUT2D eigenvalue weighted by molar-refractivity contribution is 5.10. The van der Waals surface area contributed by atoms with E-state index in [1.54, 1.807) is 0 Å². The third kappa shape index (κ3) is 7.55. The summed E-state index contributed by atoms with van der Waals surface area (Å²) >= 11 is 0. The van der Waals surface area contributed by atoms with Gasteiger partial charge in [0.25, 0.3) is 0 Å². The number of hydrogen-bond acceptors (Lipinski definition) is 1. The van der Waals surface area contributed by atoms with Gasteiger partial charge in [-0.05, 0) is 39.8 Å². The van der Waals surface area contributed by atoms with Gasteiger partial charge in [0.2, 0.25) is 0 Å². The quantitative estimate of drug-likeness (QED) is 0.474. The first-order valence-electron chi connectivity index (χ1n) is 4.78. The van der Waals surface area contributed by atoms with Crippen molar-refractivity contribution in [1.82, 2.24) is 5.32 Å². The fraction of sp³-hybridized carbons (Fsp3) is 0.636. The Morgan fingerprint density at radius 3 is 2.75 bits per heavy atom. The molecule has 0 aliphatic rings. The van der Waals surface area contributed by atoms with Gasteiger partial charge < -0.3 is 5.32 Å². The molecule has 0 saturated carbocycles. The van der Waals surface area contributed by atoms with E-state index < -0.39 is 0 Å². The topological polar surface area (TPSA) is 12.0 Å². The van der Waals surface area contributed by atoms with E-state index >= 15 is 0 Å². The van der Waals surface area contributed by atoms with Gasteiger partial charge >= 0.3 is 0 Å². The Balaban J connectivity index is 3.48. The molecule has 0 aromatic heterocycles. The predicted molar refractivity (Wildman–Crippen MR) is 56.3 cm³/mol. The van der Waals surface area contributed by atoms with Gasteiger partial charge in [-0.2, -0.15) is 0 Å². The smallest absolute Gasteiger partial charge is 0.00489 e. The van der Waals surface area contributed by atoms with E-state index in [0.29, 0.717) is 0 Å². The van der Waals surface area contributed by atoms with Gasteiger partial charge in [0.05, 0.1) is 0 Å². The van der Waals surface area contributed by atoms with Crippen molar-refractivity contribution >= 4 is 0 Å². The molecule has 1 nitrogen and oxygen atoms in total. The maximum atomic E-state index is 3.15. The molecular weight excluding hydrogens is 146 g/mol. The lowest BCUT2D eigenvalue weighted by Crippen LogP contribution is -2.07. The minimum Gasteiger partial charge on any atom is -0.320 e. The van der Waals surface area contributed by atoms with Crippen molar-refractivity contribution in [2.24, 2.45) is 0 Å². The van der Waals surface area contributed by atoms with E-state index in [0.717, 1.165) is 13.0 Å². The second-order valence-corrected chi connectivity index (χ2v) is 3.06. The van der Waals surface area contributed by atoms with Crippen LogP contribution in [-0.2, 0) is 0 Å². The second-order valence-electron chi connectivity index (χ2n) is 3.06. The highest BCUT2D eigenvalue weighted by Gasteiger charge is 1.87. The predicted octanol–water partition coefficient (Wildman–Crippen LogP) is 2.90. The van der Waals surface area contributed by atoms with E-state index in [9.17, 15) is 0 Å². The Morgan fingerprint density at radius 2 is 2.17 bits per heavy atom. The molecule has 70 valence electrons. The van der Waals surface area contributed by atoms with Crippen LogP contribution in [-0.4, -0.2) is 13.6 Å². The third-order valence-corrected chi connectivity index (χ3v) is 1.75. The molecule has 0 unspecified atom stereocenters. The van der Waals surface area contributed by atoms with Crippen LogP contribution in [0.4, 0.5) is 0 Å². The Morgan fingerprint density at radius 1 is 1.42 bits per heavy atom. The highest BCUT2D eigenvalue weighted by Crippen LogP contribution is 2.02. The van der Waals surface area contributed by atoms with Crippen LogP contribution in [0.2, 0.25) is 0 Å². The molecule has 0 heterocycles. The standard InChI is InChI=1S/C11H21N/c1-4-5-6-8-11(2)9-7-10-12-3/h5-6,8,12H,4,7,9-10H2,1-3H3/b6-5?,11-8+. The number of allylic oxidation sites excluding steroid dienone is 4. The van der Waals surface area contributed by atoms with Gasteiger partial charge in [0.15, 0.2) is 0 Å². The molecule has 0 atom stereocenters. The fourth-order valence-corrected chi connectivity index (χ4v) is 0.996. The normalized spacial score (nSPS) is 12.8. The molecular formula is C11H21N. The molecule has 0 aromatic carbocycles. The zero-order chi connectivity index (χ0) is 9.23. The summed E-state index contributed by atoms with van der Waals surface area (Å²) in [4.78, 5) is 0. The molecule has 0 fully saturated rings. The summed E-state index contributed by atoms with van der Waals surface area (Å²) in [5.74, 6) is 0. The summed E-state index contributed by atoms with van der Waals surface area (Å²) in [6.45, 7) is 5.46. The molecule has 0 aromatic rings. The first-order valence-corrected chi connectivity index (χ1v) is 4.78. The van der Waals surface area contributed by atoms with Crippen molar-refractivity contribution in [3.63, 3.8) is 0 Å². The van der Waals surface area contributed by atoms with Crippen molar-refractivity contribution in [3.05, 3.63) is 23.8 Å². The maximum absolute atomic E-state index is 3.15. The van der Waals surface area contributed by atoms with Gasteiger partial charge in [0.1, 0.15) is 0 Å². The molecule has 1 N–H and O–H groups in total. The van der Waals surface area contributed by atoms with Gasteiger partial charge in [-0.15, -0.1) is 0 Å². The minimum atomic E-state index is 1.11. The van der Waals surface area contributed by atoms with Crippen molar-refractivity contribution < 1.29 is 0 Å². The molecule has 0 aliphatic heterocycles. The van der Waals surface area contributed by atoms with Crippen molar-refractivity contribution in [1.29, 1.82) is 0 Å². The molecule has 12 heavy (non-hydrogen) atoms. The summed E-state index contributed by atoms with van der Waals surface area (Å²) < 4.78 is 0. The van der Waals surface area contributed by atoms with E-state index in [-0.39, 0.29) is 0 Å². The summed E-state index contributed by atoms with van der Waals surface area (Å²) in [5, 5.41) is 3.15. The van der Waals surface area contributed by atoms with E-state index in [4.69, 9.17) is 0 Å². The number of rotatable bonds is 6. The Hall–Kier alpha value is -0.560. The van der Waals surface area contributed by atoms with E-state index in [2.05, 4.69) is 37.4 Å². The summed E-state index contributed by atoms with van der Waals surface area (Å²) in [5.41, 5.74) is 1.47. The monoisotopic (exact) mass is 167 g/mol. The minimum absolute atomic E-state index is 1.11. The van der Waals surface area contributed by atoms with Crippen LogP contribution in [0.15, 0.2) is 23.8 Å². The summed E-state index contributed by atoms with van der Waals surface area (Å²) in [6.07, 6.45) is 10.1. The maximum Gasteiger partial charge on any atom is -0.00489 e. The summed E-state index contributed by atoms with van der Waals surface area (Å²) in [7, 11) is 2.00. The molecule has 0 rings (SSSR count). The average Bonchev–Trinajstić information content (AvgIpc) is 2.06. The SMILES string of the molecule is CCC=C/C=C(\C)CCCNC. The van der Waals surface area contributed by atoms with Crippen LogP contribution in [0.1, 0.15) is 33.1 Å². The molecule has 0 spiro atoms. The second kappa shape index (κ2) is 8.54. The number of nitrogens with one attached hydrogen (secondary N) is 1.